The highest BCUT2D eigenvalue weighted by atomic mass is 16.2. The summed E-state index contributed by atoms with van der Waals surface area (Å²) in [7, 11) is 1.07. The lowest BCUT2D eigenvalue weighted by molar-refractivity contribution is 0.615. The van der Waals surface area contributed by atoms with Gasteiger partial charge in [-0.2, -0.15) is 0 Å². The molecule has 0 aliphatic heterocycles. The molecule has 0 saturated carbocycles. The Morgan fingerprint density at radius 3 is 1.54 bits per heavy atom. The molecule has 0 spiro atoms. The van der Waals surface area contributed by atoms with Crippen molar-refractivity contribution in [2.24, 2.45) is 0 Å². The Bertz CT molecular complexity index is 966. The van der Waals surface area contributed by atoms with Crippen molar-refractivity contribution >= 4 is 12.9 Å². The molecule has 5 heteroatoms. The third kappa shape index (κ3) is 3.25. The van der Waals surface area contributed by atoms with Gasteiger partial charge in [0.1, 0.15) is 0 Å². The van der Waals surface area contributed by atoms with Crippen molar-refractivity contribution in [1.82, 2.24) is 15.0 Å². The van der Waals surface area contributed by atoms with E-state index >= 15 is 0 Å². The first kappa shape index (κ1) is 16.2. The molecule has 1 aromatic heterocycles. The van der Waals surface area contributed by atoms with Gasteiger partial charge in [-0.3, -0.25) is 0 Å². The standard InChI is InChI=1S/C21H15BN3O/c26-22-18-14-8-7-13-17(18)21-24-19(15-9-3-1-4-10-15)23-20(25-21)16-11-5-2-6-12-16/h1-14,26H. The van der Waals surface area contributed by atoms with Crippen LogP contribution in [0.2, 0.25) is 0 Å². The van der Waals surface area contributed by atoms with Crippen molar-refractivity contribution in [2.75, 3.05) is 0 Å². The normalized spacial score (nSPS) is 10.5. The number of rotatable bonds is 4. The third-order valence-electron chi connectivity index (χ3n) is 4.04. The van der Waals surface area contributed by atoms with Crippen LogP contribution in [0.5, 0.6) is 0 Å². The first-order chi connectivity index (χ1) is 12.8. The van der Waals surface area contributed by atoms with Crippen molar-refractivity contribution in [1.29, 1.82) is 0 Å². The van der Waals surface area contributed by atoms with Crippen LogP contribution in [-0.4, -0.2) is 27.5 Å². The Labute approximate surface area is 152 Å². The molecule has 0 aliphatic carbocycles. The average Bonchev–Trinajstić information content (AvgIpc) is 2.74. The average molecular weight is 336 g/mol. The Morgan fingerprint density at radius 2 is 1.00 bits per heavy atom. The summed E-state index contributed by atoms with van der Waals surface area (Å²) < 4.78 is 0. The molecular formula is C21H15BN3O. The minimum absolute atomic E-state index is 0.526. The quantitative estimate of drug-likeness (QED) is 0.582. The van der Waals surface area contributed by atoms with Crippen LogP contribution in [0.15, 0.2) is 84.9 Å². The summed E-state index contributed by atoms with van der Waals surface area (Å²) in [6, 6.07) is 27.1. The van der Waals surface area contributed by atoms with E-state index in [-0.39, 0.29) is 0 Å². The van der Waals surface area contributed by atoms with Gasteiger partial charge in [0.15, 0.2) is 17.5 Å². The van der Waals surface area contributed by atoms with Crippen LogP contribution >= 0.6 is 0 Å². The maximum absolute atomic E-state index is 9.56. The summed E-state index contributed by atoms with van der Waals surface area (Å²) in [5, 5.41) is 9.56. The van der Waals surface area contributed by atoms with Crippen molar-refractivity contribution in [2.45, 2.75) is 0 Å². The van der Waals surface area contributed by atoms with E-state index in [2.05, 4.69) is 15.0 Å². The second-order valence-electron chi connectivity index (χ2n) is 5.75. The van der Waals surface area contributed by atoms with E-state index in [1.807, 2.05) is 84.9 Å². The van der Waals surface area contributed by atoms with Crippen LogP contribution in [0.25, 0.3) is 34.2 Å². The second-order valence-corrected chi connectivity index (χ2v) is 5.75. The molecule has 1 heterocycles. The Hall–Kier alpha value is -3.31. The summed E-state index contributed by atoms with van der Waals surface area (Å²) >= 11 is 0. The van der Waals surface area contributed by atoms with Gasteiger partial charge in [-0.15, -0.1) is 0 Å². The predicted octanol–water partition coefficient (Wildman–Crippen LogP) is 3.11. The van der Waals surface area contributed by atoms with Crippen molar-refractivity contribution in [3.05, 3.63) is 84.9 Å². The largest absolute Gasteiger partial charge is 0.450 e. The fourth-order valence-corrected chi connectivity index (χ4v) is 2.74. The van der Waals surface area contributed by atoms with E-state index < -0.39 is 0 Å². The van der Waals surface area contributed by atoms with Crippen molar-refractivity contribution in [3.63, 3.8) is 0 Å². The van der Waals surface area contributed by atoms with Crippen LogP contribution < -0.4 is 5.46 Å². The molecule has 4 aromatic rings. The summed E-state index contributed by atoms with van der Waals surface area (Å²) in [5.41, 5.74) is 3.25. The molecule has 3 aromatic carbocycles. The number of hydrogen-bond donors (Lipinski definition) is 1. The predicted molar refractivity (Wildman–Crippen MR) is 104 cm³/mol. The maximum Gasteiger partial charge on any atom is 0.327 e. The molecule has 0 fully saturated rings. The van der Waals surface area contributed by atoms with Gasteiger partial charge in [-0.05, 0) is 5.46 Å². The zero-order valence-electron chi connectivity index (χ0n) is 13.9. The molecular weight excluding hydrogens is 321 g/mol. The lowest BCUT2D eigenvalue weighted by Crippen LogP contribution is -2.17. The van der Waals surface area contributed by atoms with Crippen LogP contribution in [0, 0.1) is 0 Å². The number of hydrogen-bond acceptors (Lipinski definition) is 4. The molecule has 4 rings (SSSR count). The minimum atomic E-state index is 0.526. The van der Waals surface area contributed by atoms with Crippen molar-refractivity contribution in [3.8, 4) is 34.2 Å². The first-order valence-corrected chi connectivity index (χ1v) is 8.29. The summed E-state index contributed by atoms with van der Waals surface area (Å²) in [6.07, 6.45) is 0. The molecule has 0 bridgehead atoms. The number of aromatic nitrogens is 3. The minimum Gasteiger partial charge on any atom is -0.450 e. The number of nitrogens with zero attached hydrogens (tertiary/aromatic N) is 3. The molecule has 0 atom stereocenters. The van der Waals surface area contributed by atoms with E-state index in [1.54, 1.807) is 0 Å². The zero-order valence-corrected chi connectivity index (χ0v) is 13.9. The van der Waals surface area contributed by atoms with Gasteiger partial charge in [0.25, 0.3) is 0 Å². The van der Waals surface area contributed by atoms with Crippen LogP contribution in [0.4, 0.5) is 0 Å². The third-order valence-corrected chi connectivity index (χ3v) is 4.04. The van der Waals surface area contributed by atoms with E-state index in [4.69, 9.17) is 0 Å². The fraction of sp³-hybridized carbons (Fsp3) is 0. The topological polar surface area (TPSA) is 58.9 Å². The van der Waals surface area contributed by atoms with E-state index in [0.717, 1.165) is 24.2 Å². The molecule has 0 aliphatic rings. The van der Waals surface area contributed by atoms with E-state index in [9.17, 15) is 5.02 Å². The summed E-state index contributed by atoms with van der Waals surface area (Å²) in [5.74, 6) is 1.72. The highest BCUT2D eigenvalue weighted by Gasteiger charge is 2.14. The molecule has 1 N–H and O–H groups in total. The summed E-state index contributed by atoms with van der Waals surface area (Å²) in [4.78, 5) is 14.0. The lowest BCUT2D eigenvalue weighted by atomic mass is 9.84. The molecule has 4 nitrogen and oxygen atoms in total. The molecule has 0 amide bonds. The zero-order chi connectivity index (χ0) is 17.8. The van der Waals surface area contributed by atoms with Crippen molar-refractivity contribution < 1.29 is 5.02 Å². The van der Waals surface area contributed by atoms with Gasteiger partial charge in [0, 0.05) is 16.7 Å². The fourth-order valence-electron chi connectivity index (χ4n) is 2.74. The SMILES string of the molecule is O[B]c1ccccc1-c1nc(-c2ccccc2)nc(-c2ccccc2)n1. The molecule has 123 valence electrons. The Balaban J connectivity index is 1.94. The molecule has 1 radical (unpaired) electrons. The second kappa shape index (κ2) is 7.29. The van der Waals surface area contributed by atoms with E-state index in [0.29, 0.717) is 22.9 Å². The summed E-state index contributed by atoms with van der Waals surface area (Å²) in [6.45, 7) is 0. The van der Waals surface area contributed by atoms with Gasteiger partial charge in [-0.25, -0.2) is 15.0 Å². The van der Waals surface area contributed by atoms with Crippen LogP contribution in [0.1, 0.15) is 0 Å². The molecule has 26 heavy (non-hydrogen) atoms. The van der Waals surface area contributed by atoms with Gasteiger partial charge in [0.2, 0.25) is 0 Å². The Morgan fingerprint density at radius 1 is 0.538 bits per heavy atom. The monoisotopic (exact) mass is 336 g/mol. The number of benzene rings is 3. The highest BCUT2D eigenvalue weighted by molar-refractivity contribution is 6.48. The first-order valence-electron chi connectivity index (χ1n) is 8.29. The van der Waals surface area contributed by atoms with Gasteiger partial charge < -0.3 is 5.02 Å². The highest BCUT2D eigenvalue weighted by Crippen LogP contribution is 2.23. The molecule has 0 unspecified atom stereocenters. The van der Waals surface area contributed by atoms with E-state index in [1.165, 1.54) is 0 Å². The lowest BCUT2D eigenvalue weighted by Gasteiger charge is -2.10. The Kier molecular flexibility index (Phi) is 4.54. The van der Waals surface area contributed by atoms with Crippen LogP contribution in [0.3, 0.4) is 0 Å². The van der Waals surface area contributed by atoms with Gasteiger partial charge in [0.05, 0.1) is 0 Å². The smallest absolute Gasteiger partial charge is 0.327 e. The van der Waals surface area contributed by atoms with Gasteiger partial charge in [-0.1, -0.05) is 84.9 Å². The maximum atomic E-state index is 9.56. The van der Waals surface area contributed by atoms with Gasteiger partial charge >= 0.3 is 7.48 Å². The molecule has 0 saturated heterocycles. The van der Waals surface area contributed by atoms with Crippen LogP contribution in [-0.2, 0) is 0 Å².